The van der Waals surface area contributed by atoms with E-state index in [1.807, 2.05) is 31.2 Å². The molecule has 0 aromatic heterocycles. The molecule has 2 rings (SSSR count). The number of rotatable bonds is 4. The van der Waals surface area contributed by atoms with Crippen molar-refractivity contribution in [3.05, 3.63) is 65.5 Å². The number of aryl methyl sites for hydroxylation is 1. The summed E-state index contributed by atoms with van der Waals surface area (Å²) in [5.74, 6) is 0.0699. The van der Waals surface area contributed by atoms with Gasteiger partial charge in [0.2, 0.25) is 0 Å². The highest BCUT2D eigenvalue weighted by molar-refractivity contribution is 5.28. The Kier molecular flexibility index (Phi) is 3.95. The summed E-state index contributed by atoms with van der Waals surface area (Å²) in [5.41, 5.74) is 1.83. The van der Waals surface area contributed by atoms with Crippen molar-refractivity contribution in [3.8, 4) is 5.75 Å². The molecule has 2 nitrogen and oxygen atoms in total. The number of hydrogen-bond acceptors (Lipinski definition) is 2. The Morgan fingerprint density at radius 1 is 1.17 bits per heavy atom. The fourth-order valence-corrected chi connectivity index (χ4v) is 1.78. The van der Waals surface area contributed by atoms with Crippen LogP contribution in [-0.2, 0) is 0 Å². The fraction of sp³-hybridized carbons (Fsp3) is 0.200. The predicted molar refractivity (Wildman–Crippen MR) is 68.0 cm³/mol. The van der Waals surface area contributed by atoms with Crippen LogP contribution in [0.1, 0.15) is 17.2 Å². The van der Waals surface area contributed by atoms with Crippen LogP contribution < -0.4 is 4.74 Å². The molecular formula is C15H15FO2. The molecule has 94 valence electrons. The first kappa shape index (κ1) is 12.6. The maximum absolute atomic E-state index is 12.9. The van der Waals surface area contributed by atoms with E-state index >= 15 is 0 Å². The van der Waals surface area contributed by atoms with E-state index in [-0.39, 0.29) is 12.4 Å². The number of aliphatic hydroxyl groups is 1. The molecule has 2 aromatic carbocycles. The number of halogens is 1. The zero-order chi connectivity index (χ0) is 13.0. The Bertz CT molecular complexity index is 525. The van der Waals surface area contributed by atoms with Gasteiger partial charge in [0.1, 0.15) is 24.3 Å². The van der Waals surface area contributed by atoms with Gasteiger partial charge >= 0.3 is 0 Å². The normalized spacial score (nSPS) is 12.2. The molecular weight excluding hydrogens is 231 g/mol. The van der Waals surface area contributed by atoms with Crippen molar-refractivity contribution in [2.75, 3.05) is 6.61 Å². The number of benzene rings is 2. The van der Waals surface area contributed by atoms with Crippen LogP contribution >= 0.6 is 0 Å². The Labute approximate surface area is 106 Å². The van der Waals surface area contributed by atoms with Crippen LogP contribution in [0.2, 0.25) is 0 Å². The molecule has 1 unspecified atom stereocenters. The molecule has 1 N–H and O–H groups in total. The third-order valence-electron chi connectivity index (χ3n) is 2.75. The molecule has 0 fully saturated rings. The van der Waals surface area contributed by atoms with Crippen LogP contribution in [0.15, 0.2) is 48.5 Å². The van der Waals surface area contributed by atoms with Crippen molar-refractivity contribution >= 4 is 0 Å². The first-order valence-electron chi connectivity index (χ1n) is 5.79. The maximum atomic E-state index is 12.9. The molecule has 0 spiro atoms. The van der Waals surface area contributed by atoms with Gasteiger partial charge in [-0.2, -0.15) is 0 Å². The minimum absolute atomic E-state index is 0.105. The molecule has 0 aliphatic rings. The molecule has 0 bridgehead atoms. The molecule has 0 radical (unpaired) electrons. The quantitative estimate of drug-likeness (QED) is 0.897. The Balaban J connectivity index is 2.00. The molecule has 0 saturated heterocycles. The van der Waals surface area contributed by atoms with Crippen LogP contribution in [-0.4, -0.2) is 11.7 Å². The molecule has 0 aliphatic heterocycles. The SMILES string of the molecule is Cc1ccccc1C(O)COc1cccc(F)c1. The molecule has 0 aliphatic carbocycles. The van der Waals surface area contributed by atoms with Crippen LogP contribution in [0, 0.1) is 12.7 Å². The average Bonchev–Trinajstić information content (AvgIpc) is 2.37. The summed E-state index contributed by atoms with van der Waals surface area (Å²) in [6, 6.07) is 13.5. The summed E-state index contributed by atoms with van der Waals surface area (Å²) in [6.45, 7) is 2.04. The third kappa shape index (κ3) is 3.08. The smallest absolute Gasteiger partial charge is 0.126 e. The first-order chi connectivity index (χ1) is 8.66. The largest absolute Gasteiger partial charge is 0.490 e. The highest BCUT2D eigenvalue weighted by Gasteiger charge is 2.10. The molecule has 18 heavy (non-hydrogen) atoms. The van der Waals surface area contributed by atoms with Crippen molar-refractivity contribution in [1.29, 1.82) is 0 Å². The van der Waals surface area contributed by atoms with Gasteiger partial charge in [0, 0.05) is 6.07 Å². The third-order valence-corrected chi connectivity index (χ3v) is 2.75. The second kappa shape index (κ2) is 5.65. The lowest BCUT2D eigenvalue weighted by Gasteiger charge is -2.14. The summed E-state index contributed by atoms with van der Waals surface area (Å²) in [4.78, 5) is 0. The van der Waals surface area contributed by atoms with Gasteiger partial charge in [-0.3, -0.25) is 0 Å². The van der Waals surface area contributed by atoms with Crippen LogP contribution in [0.3, 0.4) is 0 Å². The van der Waals surface area contributed by atoms with Crippen molar-refractivity contribution in [2.45, 2.75) is 13.0 Å². The highest BCUT2D eigenvalue weighted by Crippen LogP contribution is 2.19. The van der Waals surface area contributed by atoms with E-state index in [0.717, 1.165) is 11.1 Å². The van der Waals surface area contributed by atoms with E-state index in [2.05, 4.69) is 0 Å². The van der Waals surface area contributed by atoms with Crippen LogP contribution in [0.5, 0.6) is 5.75 Å². The second-order valence-corrected chi connectivity index (χ2v) is 4.14. The summed E-state index contributed by atoms with van der Waals surface area (Å²) in [7, 11) is 0. The van der Waals surface area contributed by atoms with Gasteiger partial charge in [0.05, 0.1) is 0 Å². The summed E-state index contributed by atoms with van der Waals surface area (Å²) < 4.78 is 18.3. The lowest BCUT2D eigenvalue weighted by Crippen LogP contribution is -2.10. The summed E-state index contributed by atoms with van der Waals surface area (Å²) in [5, 5.41) is 10.0. The molecule has 1 atom stereocenters. The molecule has 2 aromatic rings. The van der Waals surface area contributed by atoms with Crippen LogP contribution in [0.4, 0.5) is 4.39 Å². The lowest BCUT2D eigenvalue weighted by molar-refractivity contribution is 0.107. The highest BCUT2D eigenvalue weighted by atomic mass is 19.1. The van der Waals surface area contributed by atoms with E-state index in [1.165, 1.54) is 12.1 Å². The van der Waals surface area contributed by atoms with E-state index < -0.39 is 6.10 Å². The Hall–Kier alpha value is -1.87. The average molecular weight is 246 g/mol. The monoisotopic (exact) mass is 246 g/mol. The zero-order valence-corrected chi connectivity index (χ0v) is 10.1. The second-order valence-electron chi connectivity index (χ2n) is 4.14. The molecule has 0 saturated carbocycles. The van der Waals surface area contributed by atoms with Crippen LogP contribution in [0.25, 0.3) is 0 Å². The fourth-order valence-electron chi connectivity index (χ4n) is 1.78. The predicted octanol–water partition coefficient (Wildman–Crippen LogP) is 3.25. The minimum atomic E-state index is -0.713. The number of aliphatic hydroxyl groups excluding tert-OH is 1. The van der Waals surface area contributed by atoms with E-state index in [1.54, 1.807) is 12.1 Å². The van der Waals surface area contributed by atoms with E-state index in [0.29, 0.717) is 5.75 Å². The van der Waals surface area contributed by atoms with Crippen molar-refractivity contribution < 1.29 is 14.2 Å². The summed E-state index contributed by atoms with van der Waals surface area (Å²) >= 11 is 0. The standard InChI is InChI=1S/C15H15FO2/c1-11-5-2-3-8-14(11)15(17)10-18-13-7-4-6-12(16)9-13/h2-9,15,17H,10H2,1H3. The van der Waals surface area contributed by atoms with E-state index in [9.17, 15) is 9.50 Å². The van der Waals surface area contributed by atoms with Gasteiger partial charge in [-0.25, -0.2) is 4.39 Å². The lowest BCUT2D eigenvalue weighted by atomic mass is 10.0. The number of ether oxygens (including phenoxy) is 1. The Morgan fingerprint density at radius 2 is 1.94 bits per heavy atom. The van der Waals surface area contributed by atoms with Crippen molar-refractivity contribution in [2.24, 2.45) is 0 Å². The van der Waals surface area contributed by atoms with Gasteiger partial charge in [-0.15, -0.1) is 0 Å². The molecule has 0 amide bonds. The number of hydrogen-bond donors (Lipinski definition) is 1. The molecule has 3 heteroatoms. The minimum Gasteiger partial charge on any atom is -0.490 e. The van der Waals surface area contributed by atoms with Crippen molar-refractivity contribution in [1.82, 2.24) is 0 Å². The zero-order valence-electron chi connectivity index (χ0n) is 10.1. The van der Waals surface area contributed by atoms with Gasteiger partial charge in [-0.05, 0) is 30.2 Å². The van der Waals surface area contributed by atoms with Gasteiger partial charge < -0.3 is 9.84 Å². The van der Waals surface area contributed by atoms with Crippen molar-refractivity contribution in [3.63, 3.8) is 0 Å². The van der Waals surface area contributed by atoms with Gasteiger partial charge in [-0.1, -0.05) is 30.3 Å². The maximum Gasteiger partial charge on any atom is 0.126 e. The Morgan fingerprint density at radius 3 is 2.67 bits per heavy atom. The van der Waals surface area contributed by atoms with E-state index in [4.69, 9.17) is 4.74 Å². The molecule has 0 heterocycles. The topological polar surface area (TPSA) is 29.5 Å². The summed E-state index contributed by atoms with van der Waals surface area (Å²) in [6.07, 6.45) is -0.713. The van der Waals surface area contributed by atoms with Gasteiger partial charge in [0.25, 0.3) is 0 Å². The first-order valence-corrected chi connectivity index (χ1v) is 5.79. The van der Waals surface area contributed by atoms with Gasteiger partial charge in [0.15, 0.2) is 0 Å².